The first-order chi connectivity index (χ1) is 7.82. The summed E-state index contributed by atoms with van der Waals surface area (Å²) < 4.78 is 67.1. The van der Waals surface area contributed by atoms with Gasteiger partial charge in [0.25, 0.3) is 6.43 Å². The number of rotatable bonds is 3. The maximum atomic E-state index is 12.5. The lowest BCUT2D eigenvalue weighted by Gasteiger charge is -2.16. The summed E-state index contributed by atoms with van der Waals surface area (Å²) in [4.78, 5) is 2.97. The van der Waals surface area contributed by atoms with Crippen LogP contribution in [0.4, 0.5) is 22.0 Å². The molecule has 1 heterocycles. The van der Waals surface area contributed by atoms with Gasteiger partial charge in [-0.15, -0.1) is 0 Å². The first-order valence-corrected chi connectivity index (χ1v) is 4.44. The summed E-state index contributed by atoms with van der Waals surface area (Å²) in [5, 5.41) is 0. The van der Waals surface area contributed by atoms with E-state index >= 15 is 0 Å². The Hall–Kier alpha value is -1.44. The van der Waals surface area contributed by atoms with E-state index in [1.54, 1.807) is 0 Å². The van der Waals surface area contributed by atoms with Crippen LogP contribution in [0.2, 0.25) is 0 Å². The molecule has 1 aromatic rings. The van der Waals surface area contributed by atoms with Gasteiger partial charge in [0.05, 0.1) is 7.11 Å². The largest absolute Gasteiger partial charge is 0.494 e. The predicted molar refractivity (Wildman–Crippen MR) is 48.6 cm³/mol. The SMILES string of the molecule is COc1c(C(F)(F)F)ncc(C(F)F)c1CN. The standard InChI is InChI=1S/C9H9F5N2O/c1-17-6-4(2-15)5(8(10)11)3-16-7(6)9(12,13)14/h3,8H,2,15H2,1H3. The third-order valence-electron chi connectivity index (χ3n) is 2.08. The molecule has 2 N–H and O–H groups in total. The van der Waals surface area contributed by atoms with Crippen molar-refractivity contribution in [3.05, 3.63) is 23.0 Å². The molecule has 0 saturated heterocycles. The fourth-order valence-corrected chi connectivity index (χ4v) is 1.37. The molecule has 1 rings (SSSR count). The topological polar surface area (TPSA) is 48.1 Å². The van der Waals surface area contributed by atoms with Crippen molar-refractivity contribution in [1.82, 2.24) is 4.98 Å². The van der Waals surface area contributed by atoms with Crippen molar-refractivity contribution in [3.63, 3.8) is 0 Å². The normalized spacial score (nSPS) is 12.0. The van der Waals surface area contributed by atoms with Crippen LogP contribution >= 0.6 is 0 Å². The summed E-state index contributed by atoms with van der Waals surface area (Å²) in [6.07, 6.45) is -7.27. The van der Waals surface area contributed by atoms with Gasteiger partial charge in [0.1, 0.15) is 0 Å². The van der Waals surface area contributed by atoms with Gasteiger partial charge >= 0.3 is 6.18 Å². The second kappa shape index (κ2) is 4.82. The van der Waals surface area contributed by atoms with E-state index < -0.39 is 36.2 Å². The summed E-state index contributed by atoms with van der Waals surface area (Å²) in [7, 11) is 0.945. The number of aromatic nitrogens is 1. The van der Waals surface area contributed by atoms with Crippen LogP contribution < -0.4 is 10.5 Å². The minimum absolute atomic E-state index is 0.384. The van der Waals surface area contributed by atoms with E-state index in [2.05, 4.69) is 9.72 Å². The number of nitrogens with two attached hydrogens (primary N) is 1. The molecule has 0 saturated carbocycles. The number of halogens is 5. The number of nitrogens with zero attached hydrogens (tertiary/aromatic N) is 1. The fraction of sp³-hybridized carbons (Fsp3) is 0.444. The van der Waals surface area contributed by atoms with Crippen LogP contribution in [-0.4, -0.2) is 12.1 Å². The molecule has 3 nitrogen and oxygen atoms in total. The molecule has 17 heavy (non-hydrogen) atoms. The third-order valence-corrected chi connectivity index (χ3v) is 2.08. The van der Waals surface area contributed by atoms with Crippen molar-refractivity contribution < 1.29 is 26.7 Å². The molecule has 0 amide bonds. The summed E-state index contributed by atoms with van der Waals surface area (Å²) in [5.74, 6) is -0.752. The molecular weight excluding hydrogens is 247 g/mol. The van der Waals surface area contributed by atoms with E-state index in [9.17, 15) is 22.0 Å². The second-order valence-corrected chi connectivity index (χ2v) is 3.08. The van der Waals surface area contributed by atoms with Gasteiger partial charge in [-0.3, -0.25) is 0 Å². The smallest absolute Gasteiger partial charge is 0.437 e. The highest BCUT2D eigenvalue weighted by molar-refractivity contribution is 5.44. The molecule has 0 fully saturated rings. The van der Waals surface area contributed by atoms with Crippen molar-refractivity contribution >= 4 is 0 Å². The van der Waals surface area contributed by atoms with Crippen molar-refractivity contribution in [2.45, 2.75) is 19.1 Å². The summed E-state index contributed by atoms with van der Waals surface area (Å²) in [6, 6.07) is 0. The highest BCUT2D eigenvalue weighted by Crippen LogP contribution is 2.39. The van der Waals surface area contributed by atoms with Crippen molar-refractivity contribution in [1.29, 1.82) is 0 Å². The first kappa shape index (κ1) is 13.6. The Kier molecular flexibility index (Phi) is 3.87. The molecule has 96 valence electrons. The van der Waals surface area contributed by atoms with Gasteiger partial charge in [0.15, 0.2) is 11.4 Å². The number of pyridine rings is 1. The van der Waals surface area contributed by atoms with Gasteiger partial charge < -0.3 is 10.5 Å². The lowest BCUT2D eigenvalue weighted by Crippen LogP contribution is -2.15. The van der Waals surface area contributed by atoms with Crippen molar-refractivity contribution in [2.75, 3.05) is 7.11 Å². The van der Waals surface area contributed by atoms with E-state index in [1.807, 2.05) is 0 Å². The first-order valence-electron chi connectivity index (χ1n) is 4.44. The maximum Gasteiger partial charge on any atom is 0.437 e. The zero-order valence-electron chi connectivity index (χ0n) is 8.68. The predicted octanol–water partition coefficient (Wildman–Crippen LogP) is 2.51. The van der Waals surface area contributed by atoms with Gasteiger partial charge in [-0.2, -0.15) is 13.2 Å². The minimum Gasteiger partial charge on any atom is -0.494 e. The molecule has 0 radical (unpaired) electrons. The molecular formula is C9H9F5N2O. The minimum atomic E-state index is -4.78. The highest BCUT2D eigenvalue weighted by atomic mass is 19.4. The van der Waals surface area contributed by atoms with Crippen LogP contribution in [0, 0.1) is 0 Å². The van der Waals surface area contributed by atoms with E-state index in [-0.39, 0.29) is 5.56 Å². The molecule has 0 aliphatic heterocycles. The quantitative estimate of drug-likeness (QED) is 0.845. The molecule has 0 aromatic carbocycles. The monoisotopic (exact) mass is 256 g/mol. The number of alkyl halides is 5. The molecule has 0 atom stereocenters. The highest BCUT2D eigenvalue weighted by Gasteiger charge is 2.38. The Labute approximate surface area is 93.4 Å². The van der Waals surface area contributed by atoms with Crippen LogP contribution in [0.1, 0.15) is 23.2 Å². The zero-order chi connectivity index (χ0) is 13.2. The van der Waals surface area contributed by atoms with E-state index in [0.717, 1.165) is 7.11 Å². The number of ether oxygens (including phenoxy) is 1. The number of methoxy groups -OCH3 is 1. The van der Waals surface area contributed by atoms with Gasteiger partial charge in [0, 0.05) is 23.9 Å². The third kappa shape index (κ3) is 2.63. The van der Waals surface area contributed by atoms with Crippen LogP contribution in [-0.2, 0) is 12.7 Å². The summed E-state index contributed by atoms with van der Waals surface area (Å²) in [6.45, 7) is -0.492. The molecule has 0 aliphatic rings. The molecule has 8 heteroatoms. The molecule has 0 bridgehead atoms. The Morgan fingerprint density at radius 2 is 2.00 bits per heavy atom. The van der Waals surface area contributed by atoms with Crippen LogP contribution in [0.25, 0.3) is 0 Å². The number of hydrogen-bond acceptors (Lipinski definition) is 3. The average Bonchev–Trinajstić information content (AvgIpc) is 2.25. The lowest BCUT2D eigenvalue weighted by atomic mass is 10.1. The van der Waals surface area contributed by atoms with Gasteiger partial charge in [-0.25, -0.2) is 13.8 Å². The van der Waals surface area contributed by atoms with E-state index in [1.165, 1.54) is 0 Å². The van der Waals surface area contributed by atoms with E-state index in [4.69, 9.17) is 5.73 Å². The summed E-state index contributed by atoms with van der Waals surface area (Å²) >= 11 is 0. The molecule has 1 aromatic heterocycles. The summed E-state index contributed by atoms with van der Waals surface area (Å²) in [5.41, 5.74) is 2.77. The van der Waals surface area contributed by atoms with Crippen molar-refractivity contribution in [3.8, 4) is 5.75 Å². The van der Waals surface area contributed by atoms with E-state index in [0.29, 0.717) is 6.20 Å². The van der Waals surface area contributed by atoms with Crippen LogP contribution in [0.5, 0.6) is 5.75 Å². The Balaban J connectivity index is 3.49. The van der Waals surface area contributed by atoms with Gasteiger partial charge in [-0.1, -0.05) is 0 Å². The second-order valence-electron chi connectivity index (χ2n) is 3.08. The Morgan fingerprint density at radius 1 is 1.41 bits per heavy atom. The van der Waals surface area contributed by atoms with Crippen LogP contribution in [0.15, 0.2) is 6.20 Å². The van der Waals surface area contributed by atoms with Gasteiger partial charge in [-0.05, 0) is 0 Å². The Morgan fingerprint density at radius 3 is 2.35 bits per heavy atom. The molecule has 0 unspecified atom stereocenters. The van der Waals surface area contributed by atoms with Gasteiger partial charge in [0.2, 0.25) is 0 Å². The zero-order valence-corrected chi connectivity index (χ0v) is 8.68. The number of hydrogen-bond donors (Lipinski definition) is 1. The van der Waals surface area contributed by atoms with Crippen molar-refractivity contribution in [2.24, 2.45) is 5.73 Å². The van der Waals surface area contributed by atoms with Crippen LogP contribution in [0.3, 0.4) is 0 Å². The molecule has 0 spiro atoms. The lowest BCUT2D eigenvalue weighted by molar-refractivity contribution is -0.142. The Bertz CT molecular complexity index is 405. The molecule has 0 aliphatic carbocycles. The average molecular weight is 256 g/mol. The maximum absolute atomic E-state index is 12.5. The fourth-order valence-electron chi connectivity index (χ4n) is 1.37.